The molecule has 0 bridgehead atoms. The van der Waals surface area contributed by atoms with Gasteiger partial charge < -0.3 is 5.73 Å². The molecule has 0 atom stereocenters. The highest BCUT2D eigenvalue weighted by atomic mass is 79.9. The van der Waals surface area contributed by atoms with Gasteiger partial charge in [-0.05, 0) is 156 Å². The maximum absolute atomic E-state index is 7.27. The summed E-state index contributed by atoms with van der Waals surface area (Å²) in [5.41, 5.74) is 20.1. The lowest BCUT2D eigenvalue weighted by atomic mass is 9.88. The zero-order chi connectivity index (χ0) is 55.9. The van der Waals surface area contributed by atoms with Crippen molar-refractivity contribution in [2.75, 3.05) is 5.73 Å². The van der Waals surface area contributed by atoms with E-state index in [-0.39, 0.29) is 0 Å². The van der Waals surface area contributed by atoms with Crippen LogP contribution in [0.2, 0.25) is 0 Å². The lowest BCUT2D eigenvalue weighted by Gasteiger charge is -2.17. The summed E-state index contributed by atoms with van der Waals surface area (Å²) < 4.78 is 11.8. The van der Waals surface area contributed by atoms with Crippen molar-refractivity contribution in [2.45, 2.75) is 13.8 Å². The standard InChI is InChI=1S/C39H23BrS2.C39H25NS2/c2*1-22-18-31(29-20-33-25-12-6-8-16-35(25)41-38(33)27-14-4-2-10-23(27)29)37(40)32(19-22)30-21-34-26-13-7-9-17-36(26)42-39(34)28-15-5-3-11-24(28)30/h2-21H,1H3;2-21H,40H2,1H3. The number of rotatable bonds is 4. The predicted molar refractivity (Wildman–Crippen MR) is 378 cm³/mol. The number of nitrogen functional groups attached to an aromatic ring is 1. The molecule has 4 aromatic heterocycles. The highest BCUT2D eigenvalue weighted by molar-refractivity contribution is 9.10. The van der Waals surface area contributed by atoms with E-state index in [1.807, 2.05) is 45.3 Å². The van der Waals surface area contributed by atoms with Crippen molar-refractivity contribution < 1.29 is 0 Å². The van der Waals surface area contributed by atoms with Crippen LogP contribution in [0.1, 0.15) is 11.1 Å². The van der Waals surface area contributed by atoms with E-state index >= 15 is 0 Å². The van der Waals surface area contributed by atoms with E-state index < -0.39 is 0 Å². The molecule has 0 aliphatic rings. The van der Waals surface area contributed by atoms with Gasteiger partial charge in [0.1, 0.15) is 0 Å². The second-order valence-electron chi connectivity index (χ2n) is 22.2. The lowest BCUT2D eigenvalue weighted by Crippen LogP contribution is -1.97. The second-order valence-corrected chi connectivity index (χ2v) is 27.2. The average Bonchev–Trinajstić information content (AvgIpc) is 1.91. The predicted octanol–water partition coefficient (Wildman–Crippen LogP) is 25.1. The molecule has 396 valence electrons. The Morgan fingerprint density at radius 1 is 0.238 bits per heavy atom. The van der Waals surface area contributed by atoms with Gasteiger partial charge in [-0.3, -0.25) is 0 Å². The Morgan fingerprint density at radius 2 is 0.452 bits per heavy atom. The van der Waals surface area contributed by atoms with Gasteiger partial charge in [0, 0.05) is 124 Å². The number of aryl methyl sites for hydroxylation is 2. The Kier molecular flexibility index (Phi) is 11.5. The van der Waals surface area contributed by atoms with Crippen LogP contribution in [0.4, 0.5) is 5.69 Å². The molecule has 4 heterocycles. The SMILES string of the molecule is Cc1cc(-c2cc3c4ccccc4sc3c3ccccc23)c(Br)c(-c2cc3c4ccccc4sc3c3ccccc23)c1.Cc1cc(-c2cc3c4ccccc4sc3c3ccccc23)c(N)c(-c2cc3c4ccccc4sc3c3ccccc23)c1. The van der Waals surface area contributed by atoms with Crippen molar-refractivity contribution in [2.24, 2.45) is 0 Å². The van der Waals surface area contributed by atoms with Crippen molar-refractivity contribution in [1.82, 2.24) is 0 Å². The quantitative estimate of drug-likeness (QED) is 0.175. The van der Waals surface area contributed by atoms with Crippen LogP contribution < -0.4 is 5.73 Å². The number of hydrogen-bond donors (Lipinski definition) is 1. The minimum Gasteiger partial charge on any atom is -0.398 e. The third kappa shape index (κ3) is 7.68. The molecule has 0 saturated heterocycles. The molecular formula is C78H48BrNS4. The molecule has 0 spiro atoms. The summed E-state index contributed by atoms with van der Waals surface area (Å²) in [5, 5.41) is 20.8. The lowest BCUT2D eigenvalue weighted by molar-refractivity contribution is 1.45. The average molecular weight is 1210 g/mol. The third-order valence-electron chi connectivity index (χ3n) is 17.2. The van der Waals surface area contributed by atoms with Crippen molar-refractivity contribution >= 4 is 191 Å². The van der Waals surface area contributed by atoms with Crippen LogP contribution in [-0.2, 0) is 0 Å². The molecule has 2 N–H and O–H groups in total. The molecule has 0 saturated carbocycles. The highest BCUT2D eigenvalue weighted by Crippen LogP contribution is 2.51. The first-order valence-electron chi connectivity index (χ1n) is 28.3. The van der Waals surface area contributed by atoms with Gasteiger partial charge in [0.25, 0.3) is 0 Å². The van der Waals surface area contributed by atoms with Gasteiger partial charge in [0.15, 0.2) is 0 Å². The van der Waals surface area contributed by atoms with Gasteiger partial charge in [-0.2, -0.15) is 0 Å². The van der Waals surface area contributed by atoms with Crippen LogP contribution in [0, 0.1) is 13.8 Å². The number of anilines is 1. The van der Waals surface area contributed by atoms with Crippen molar-refractivity contribution in [3.8, 4) is 44.5 Å². The van der Waals surface area contributed by atoms with Crippen molar-refractivity contribution in [3.63, 3.8) is 0 Å². The van der Waals surface area contributed by atoms with Crippen LogP contribution in [0.5, 0.6) is 0 Å². The summed E-state index contributed by atoms with van der Waals surface area (Å²) in [6.45, 7) is 4.41. The van der Waals surface area contributed by atoms with Gasteiger partial charge >= 0.3 is 0 Å². The summed E-state index contributed by atoms with van der Waals surface area (Å²) in [6, 6.07) is 89.2. The molecule has 18 aromatic rings. The Bertz CT molecular complexity index is 5110. The van der Waals surface area contributed by atoms with E-state index in [1.165, 1.54) is 168 Å². The van der Waals surface area contributed by atoms with E-state index in [2.05, 4.69) is 272 Å². The molecule has 0 aliphatic heterocycles. The van der Waals surface area contributed by atoms with Crippen LogP contribution in [0.25, 0.3) is 168 Å². The van der Waals surface area contributed by atoms with Crippen molar-refractivity contribution in [3.05, 3.63) is 258 Å². The van der Waals surface area contributed by atoms with Crippen LogP contribution in [0.3, 0.4) is 0 Å². The first kappa shape index (κ1) is 49.9. The van der Waals surface area contributed by atoms with E-state index in [9.17, 15) is 0 Å². The number of halogens is 1. The van der Waals surface area contributed by atoms with E-state index in [0.29, 0.717) is 0 Å². The molecule has 14 aromatic carbocycles. The van der Waals surface area contributed by atoms with Gasteiger partial charge in [-0.1, -0.05) is 182 Å². The Hall–Kier alpha value is -8.72. The Labute approximate surface area is 508 Å². The molecule has 0 amide bonds. The fourth-order valence-corrected chi connectivity index (χ4v) is 19.0. The summed E-state index contributed by atoms with van der Waals surface area (Å²) in [7, 11) is 0. The number of benzene rings is 14. The highest BCUT2D eigenvalue weighted by Gasteiger charge is 2.23. The number of hydrogen-bond acceptors (Lipinski definition) is 5. The van der Waals surface area contributed by atoms with Crippen LogP contribution in [0.15, 0.2) is 247 Å². The zero-order valence-electron chi connectivity index (χ0n) is 45.7. The normalized spacial score (nSPS) is 12.0. The summed E-state index contributed by atoms with van der Waals surface area (Å²) in [6.07, 6.45) is 0. The number of nitrogens with two attached hydrogens (primary N) is 1. The minimum atomic E-state index is 0.827. The zero-order valence-corrected chi connectivity index (χ0v) is 50.5. The van der Waals surface area contributed by atoms with Gasteiger partial charge in [0.2, 0.25) is 0 Å². The van der Waals surface area contributed by atoms with Crippen molar-refractivity contribution in [1.29, 1.82) is 0 Å². The fraction of sp³-hybridized carbons (Fsp3) is 0.0256. The third-order valence-corrected chi connectivity index (χ3v) is 23.0. The van der Waals surface area contributed by atoms with Crippen LogP contribution in [-0.4, -0.2) is 0 Å². The number of fused-ring (bicyclic) bond motifs is 20. The first-order valence-corrected chi connectivity index (χ1v) is 32.4. The molecular weight excluding hydrogens is 1160 g/mol. The smallest absolute Gasteiger partial charge is 0.0474 e. The largest absolute Gasteiger partial charge is 0.398 e. The minimum absolute atomic E-state index is 0.827. The maximum atomic E-state index is 7.27. The van der Waals surface area contributed by atoms with Gasteiger partial charge in [-0.25, -0.2) is 0 Å². The summed E-state index contributed by atoms with van der Waals surface area (Å²) in [4.78, 5) is 0. The number of thiophene rings is 4. The topological polar surface area (TPSA) is 26.0 Å². The van der Waals surface area contributed by atoms with Gasteiger partial charge in [-0.15, -0.1) is 45.3 Å². The molecule has 6 heteroatoms. The Balaban J connectivity index is 0.000000132. The second kappa shape index (κ2) is 19.4. The molecule has 0 aliphatic carbocycles. The van der Waals surface area contributed by atoms with Crippen LogP contribution >= 0.6 is 61.3 Å². The molecule has 0 fully saturated rings. The Morgan fingerprint density at radius 3 is 0.726 bits per heavy atom. The van der Waals surface area contributed by atoms with E-state index in [1.54, 1.807) is 0 Å². The first-order chi connectivity index (χ1) is 41.3. The van der Waals surface area contributed by atoms with E-state index in [0.717, 1.165) is 21.3 Å². The summed E-state index contributed by atoms with van der Waals surface area (Å²) >= 11 is 11.7. The molecule has 18 rings (SSSR count). The fourth-order valence-electron chi connectivity index (χ4n) is 13.5. The maximum Gasteiger partial charge on any atom is 0.0474 e. The summed E-state index contributed by atoms with van der Waals surface area (Å²) in [5.74, 6) is 0. The monoisotopic (exact) mass is 1210 g/mol. The molecule has 0 unspecified atom stereocenters. The molecule has 0 radical (unpaired) electrons. The molecule has 1 nitrogen and oxygen atoms in total. The molecule has 84 heavy (non-hydrogen) atoms. The van der Waals surface area contributed by atoms with Gasteiger partial charge in [0.05, 0.1) is 0 Å². The van der Waals surface area contributed by atoms with E-state index in [4.69, 9.17) is 5.73 Å².